The summed E-state index contributed by atoms with van der Waals surface area (Å²) in [5.41, 5.74) is 0.764. The second-order valence-corrected chi connectivity index (χ2v) is 4.33. The number of rotatable bonds is 5. The van der Waals surface area contributed by atoms with Gasteiger partial charge in [0.15, 0.2) is 0 Å². The van der Waals surface area contributed by atoms with Gasteiger partial charge in [0.25, 0.3) is 0 Å². The molecule has 0 unspecified atom stereocenters. The number of hydrogen-bond donors (Lipinski definition) is 1. The third-order valence-corrected chi connectivity index (χ3v) is 2.64. The number of nitrogens with one attached hydrogen (secondary N) is 1. The van der Waals surface area contributed by atoms with Crippen LogP contribution in [0.1, 0.15) is 19.8 Å². The maximum absolute atomic E-state index is 12.0. The van der Waals surface area contributed by atoms with E-state index in [0.29, 0.717) is 0 Å². The van der Waals surface area contributed by atoms with Gasteiger partial charge in [-0.3, -0.25) is 0 Å². The third-order valence-electron chi connectivity index (χ3n) is 2.02. The van der Waals surface area contributed by atoms with Gasteiger partial charge in [-0.1, -0.05) is 13.3 Å². The molecule has 1 aromatic rings. The molecule has 0 aliphatic heterocycles. The van der Waals surface area contributed by atoms with E-state index in [4.69, 9.17) is 0 Å². The lowest BCUT2D eigenvalue weighted by Crippen LogP contribution is -2.17. The molecule has 0 bridgehead atoms. The number of halogens is 4. The Bertz CT molecular complexity index is 368. The van der Waals surface area contributed by atoms with Crippen LogP contribution in [0.2, 0.25) is 0 Å². The summed E-state index contributed by atoms with van der Waals surface area (Å²) in [5.74, 6) is -0.237. The number of anilines is 1. The largest absolute Gasteiger partial charge is 0.573 e. The Balaban J connectivity index is 2.66. The highest BCUT2D eigenvalue weighted by molar-refractivity contribution is 9.10. The lowest BCUT2D eigenvalue weighted by Gasteiger charge is -2.12. The normalized spacial score (nSPS) is 11.4. The number of ether oxygens (including phenoxy) is 1. The number of unbranched alkanes of at least 4 members (excludes halogenated alkanes) is 1. The molecule has 0 saturated carbocycles. The van der Waals surface area contributed by atoms with Crippen LogP contribution in [0.3, 0.4) is 0 Å². The van der Waals surface area contributed by atoms with Gasteiger partial charge in [0.05, 0.1) is 4.47 Å². The second-order valence-electron chi connectivity index (χ2n) is 3.47. The van der Waals surface area contributed by atoms with E-state index >= 15 is 0 Å². The van der Waals surface area contributed by atoms with Crippen molar-refractivity contribution in [3.63, 3.8) is 0 Å². The molecule has 1 aromatic carbocycles. The summed E-state index contributed by atoms with van der Waals surface area (Å²) in [7, 11) is 0. The molecule has 0 radical (unpaired) electrons. The van der Waals surface area contributed by atoms with E-state index in [9.17, 15) is 13.2 Å². The zero-order chi connectivity index (χ0) is 12.9. The molecule has 0 spiro atoms. The summed E-state index contributed by atoms with van der Waals surface area (Å²) in [6, 6.07) is 4.41. The van der Waals surface area contributed by atoms with E-state index in [1.54, 1.807) is 12.1 Å². The molecule has 2 nitrogen and oxygen atoms in total. The first kappa shape index (κ1) is 14.2. The number of alkyl halides is 3. The van der Waals surface area contributed by atoms with Crippen molar-refractivity contribution in [3.8, 4) is 5.75 Å². The molecular formula is C11H13BrF3NO. The predicted octanol–water partition coefficient (Wildman–Crippen LogP) is 4.56. The second kappa shape index (κ2) is 6.14. The number of hydrogen-bond acceptors (Lipinski definition) is 2. The minimum absolute atomic E-state index is 0.237. The van der Waals surface area contributed by atoms with Gasteiger partial charge in [-0.25, -0.2) is 0 Å². The molecule has 1 N–H and O–H groups in total. The van der Waals surface area contributed by atoms with E-state index in [1.165, 1.54) is 6.07 Å². The van der Waals surface area contributed by atoms with E-state index in [2.05, 4.69) is 32.9 Å². The van der Waals surface area contributed by atoms with Crippen LogP contribution < -0.4 is 10.1 Å². The van der Waals surface area contributed by atoms with Crippen molar-refractivity contribution in [2.24, 2.45) is 0 Å². The van der Waals surface area contributed by atoms with Crippen molar-refractivity contribution >= 4 is 21.6 Å². The van der Waals surface area contributed by atoms with Gasteiger partial charge in [0, 0.05) is 12.2 Å². The van der Waals surface area contributed by atoms with Gasteiger partial charge in [-0.15, -0.1) is 13.2 Å². The molecule has 1 rings (SSSR count). The SMILES string of the molecule is CCCCNc1ccc(OC(F)(F)F)c(Br)c1. The smallest absolute Gasteiger partial charge is 0.405 e. The first-order valence-electron chi connectivity index (χ1n) is 5.21. The summed E-state index contributed by atoms with van der Waals surface area (Å²) in [6.45, 7) is 2.86. The molecule has 17 heavy (non-hydrogen) atoms. The molecule has 0 fully saturated rings. The lowest BCUT2D eigenvalue weighted by atomic mass is 10.3. The van der Waals surface area contributed by atoms with Crippen molar-refractivity contribution in [2.75, 3.05) is 11.9 Å². The summed E-state index contributed by atoms with van der Waals surface area (Å²) in [6.07, 6.45) is -2.60. The summed E-state index contributed by atoms with van der Waals surface area (Å²) in [4.78, 5) is 0. The summed E-state index contributed by atoms with van der Waals surface area (Å²) >= 11 is 3.04. The topological polar surface area (TPSA) is 21.3 Å². The minimum atomic E-state index is -4.67. The molecule has 96 valence electrons. The fourth-order valence-corrected chi connectivity index (χ4v) is 1.69. The van der Waals surface area contributed by atoms with Crippen molar-refractivity contribution in [1.29, 1.82) is 0 Å². The van der Waals surface area contributed by atoms with Crippen molar-refractivity contribution in [3.05, 3.63) is 22.7 Å². The van der Waals surface area contributed by atoms with Crippen LogP contribution in [0.5, 0.6) is 5.75 Å². The van der Waals surface area contributed by atoms with Crippen LogP contribution in [0.25, 0.3) is 0 Å². The Morgan fingerprint density at radius 2 is 2.06 bits per heavy atom. The van der Waals surface area contributed by atoms with Gasteiger partial charge in [0.1, 0.15) is 5.75 Å². The highest BCUT2D eigenvalue weighted by Gasteiger charge is 2.31. The van der Waals surface area contributed by atoms with Crippen molar-refractivity contribution in [2.45, 2.75) is 26.1 Å². The summed E-state index contributed by atoms with van der Waals surface area (Å²) < 4.78 is 40.1. The molecular weight excluding hydrogens is 299 g/mol. The van der Waals surface area contributed by atoms with Crippen LogP contribution in [-0.2, 0) is 0 Å². The molecule has 0 atom stereocenters. The highest BCUT2D eigenvalue weighted by Crippen LogP contribution is 2.32. The van der Waals surface area contributed by atoms with Crippen molar-refractivity contribution in [1.82, 2.24) is 0 Å². The Morgan fingerprint density at radius 1 is 1.35 bits per heavy atom. The molecule has 0 saturated heterocycles. The Labute approximate surface area is 106 Å². The van der Waals surface area contributed by atoms with E-state index in [0.717, 1.165) is 25.1 Å². The first-order valence-corrected chi connectivity index (χ1v) is 6.01. The van der Waals surface area contributed by atoms with Gasteiger partial charge in [-0.2, -0.15) is 0 Å². The number of benzene rings is 1. The predicted molar refractivity (Wildman–Crippen MR) is 64.2 cm³/mol. The van der Waals surface area contributed by atoms with E-state index < -0.39 is 6.36 Å². The fraction of sp³-hybridized carbons (Fsp3) is 0.455. The Hall–Kier alpha value is -0.910. The maximum atomic E-state index is 12.0. The average Bonchev–Trinajstić information content (AvgIpc) is 2.21. The zero-order valence-electron chi connectivity index (χ0n) is 9.27. The maximum Gasteiger partial charge on any atom is 0.573 e. The van der Waals surface area contributed by atoms with Gasteiger partial charge < -0.3 is 10.1 Å². The molecule has 0 amide bonds. The third kappa shape index (κ3) is 5.30. The standard InChI is InChI=1S/C11H13BrF3NO/c1-2-3-6-16-8-4-5-10(9(12)7-8)17-11(13,14)15/h4-5,7,16H,2-3,6H2,1H3. The van der Waals surface area contributed by atoms with Gasteiger partial charge >= 0.3 is 6.36 Å². The van der Waals surface area contributed by atoms with Crippen LogP contribution in [-0.4, -0.2) is 12.9 Å². The molecule has 0 aromatic heterocycles. The fourth-order valence-electron chi connectivity index (χ4n) is 1.23. The van der Waals surface area contributed by atoms with Gasteiger partial charge in [-0.05, 0) is 40.5 Å². The first-order chi connectivity index (χ1) is 7.92. The van der Waals surface area contributed by atoms with Crippen LogP contribution in [0.15, 0.2) is 22.7 Å². The average molecular weight is 312 g/mol. The monoisotopic (exact) mass is 311 g/mol. The molecule has 0 heterocycles. The van der Waals surface area contributed by atoms with E-state index in [1.807, 2.05) is 0 Å². The zero-order valence-corrected chi connectivity index (χ0v) is 10.9. The summed E-state index contributed by atoms with van der Waals surface area (Å²) in [5, 5.41) is 3.11. The quantitative estimate of drug-likeness (QED) is 0.805. The van der Waals surface area contributed by atoms with Crippen molar-refractivity contribution < 1.29 is 17.9 Å². The Morgan fingerprint density at radius 3 is 2.59 bits per heavy atom. The van der Waals surface area contributed by atoms with Crippen LogP contribution in [0.4, 0.5) is 18.9 Å². The molecule has 6 heteroatoms. The minimum Gasteiger partial charge on any atom is -0.405 e. The van der Waals surface area contributed by atoms with E-state index in [-0.39, 0.29) is 10.2 Å². The Kier molecular flexibility index (Phi) is 5.11. The molecule has 0 aliphatic rings. The van der Waals surface area contributed by atoms with Gasteiger partial charge in [0.2, 0.25) is 0 Å². The highest BCUT2D eigenvalue weighted by atomic mass is 79.9. The molecule has 0 aliphatic carbocycles. The lowest BCUT2D eigenvalue weighted by molar-refractivity contribution is -0.274. The van der Waals surface area contributed by atoms with Crippen LogP contribution >= 0.6 is 15.9 Å². The van der Waals surface area contributed by atoms with Crippen LogP contribution in [0, 0.1) is 0 Å².